The van der Waals surface area contributed by atoms with Crippen LogP contribution in [0.15, 0.2) is 42.5 Å². The first-order valence-corrected chi connectivity index (χ1v) is 6.64. The fourth-order valence-electron chi connectivity index (χ4n) is 1.75. The third-order valence-electron chi connectivity index (χ3n) is 2.68. The lowest BCUT2D eigenvalue weighted by molar-refractivity contribution is -0.384. The van der Waals surface area contributed by atoms with Crippen LogP contribution in [-0.2, 0) is 0 Å². The van der Waals surface area contributed by atoms with Gasteiger partial charge < -0.3 is 0 Å². The van der Waals surface area contributed by atoms with Gasteiger partial charge in [-0.3, -0.25) is 10.1 Å². The molecular weight excluding hydrogens is 284 g/mol. The minimum atomic E-state index is -0.415. The van der Waals surface area contributed by atoms with E-state index >= 15 is 0 Å². The smallest absolute Gasteiger partial charge is 0.258 e. The molecule has 0 spiro atoms. The fourth-order valence-corrected chi connectivity index (χ4v) is 2.99. The van der Waals surface area contributed by atoms with Gasteiger partial charge in [-0.05, 0) is 30.3 Å². The predicted molar refractivity (Wildman–Crippen MR) is 76.7 cm³/mol. The molecule has 3 aromatic rings. The zero-order valence-electron chi connectivity index (χ0n) is 9.54. The maximum absolute atomic E-state index is 10.6. The molecule has 1 heterocycles. The van der Waals surface area contributed by atoms with Crippen molar-refractivity contribution in [1.82, 2.24) is 4.98 Å². The first-order valence-electron chi connectivity index (χ1n) is 5.44. The summed E-state index contributed by atoms with van der Waals surface area (Å²) in [5.41, 5.74) is 1.82. The van der Waals surface area contributed by atoms with Crippen LogP contribution in [0.5, 0.6) is 0 Å². The first-order chi connectivity index (χ1) is 9.13. The number of aromatic nitrogens is 1. The number of fused-ring (bicyclic) bond motifs is 1. The summed E-state index contributed by atoms with van der Waals surface area (Å²) in [6.07, 6.45) is 0. The van der Waals surface area contributed by atoms with Crippen molar-refractivity contribution in [2.24, 2.45) is 0 Å². The van der Waals surface area contributed by atoms with E-state index in [1.165, 1.54) is 23.5 Å². The molecular formula is C13H7ClN2O2S. The van der Waals surface area contributed by atoms with Crippen molar-refractivity contribution in [3.05, 3.63) is 57.6 Å². The molecule has 0 atom stereocenters. The molecule has 1 aromatic heterocycles. The van der Waals surface area contributed by atoms with Crippen molar-refractivity contribution in [3.63, 3.8) is 0 Å². The minimum Gasteiger partial charge on any atom is -0.258 e. The van der Waals surface area contributed by atoms with Crippen LogP contribution < -0.4 is 0 Å². The quantitative estimate of drug-likeness (QED) is 0.515. The molecule has 0 amide bonds. The molecule has 0 aliphatic heterocycles. The van der Waals surface area contributed by atoms with E-state index in [4.69, 9.17) is 11.6 Å². The normalized spacial score (nSPS) is 10.8. The van der Waals surface area contributed by atoms with Crippen molar-refractivity contribution >= 4 is 38.8 Å². The van der Waals surface area contributed by atoms with Crippen LogP contribution in [0.1, 0.15) is 0 Å². The standard InChI is InChI=1S/C13H7ClN2O2S/c14-9-3-6-11-12(7-9)19-13(15-11)8-1-4-10(5-2-8)16(17)18/h1-7H. The monoisotopic (exact) mass is 290 g/mol. The third kappa shape index (κ3) is 2.30. The van der Waals surface area contributed by atoms with Gasteiger partial charge in [0, 0.05) is 22.7 Å². The maximum Gasteiger partial charge on any atom is 0.269 e. The Hall–Kier alpha value is -1.98. The zero-order chi connectivity index (χ0) is 13.4. The average molecular weight is 291 g/mol. The summed E-state index contributed by atoms with van der Waals surface area (Å²) in [5, 5.41) is 12.1. The van der Waals surface area contributed by atoms with Gasteiger partial charge in [-0.2, -0.15) is 0 Å². The van der Waals surface area contributed by atoms with Crippen LogP contribution in [0.3, 0.4) is 0 Å². The summed E-state index contributed by atoms with van der Waals surface area (Å²) >= 11 is 7.45. The molecule has 0 fully saturated rings. The zero-order valence-corrected chi connectivity index (χ0v) is 11.1. The predicted octanol–water partition coefficient (Wildman–Crippen LogP) is 4.52. The summed E-state index contributed by atoms with van der Waals surface area (Å²) in [5.74, 6) is 0. The topological polar surface area (TPSA) is 56.0 Å². The first kappa shape index (κ1) is 12.1. The number of hydrogen-bond donors (Lipinski definition) is 0. The molecule has 6 heteroatoms. The fraction of sp³-hybridized carbons (Fsp3) is 0. The molecule has 94 valence electrons. The lowest BCUT2D eigenvalue weighted by Gasteiger charge is -1.95. The summed E-state index contributed by atoms with van der Waals surface area (Å²) in [6, 6.07) is 11.9. The molecule has 3 rings (SSSR count). The number of nitro benzene ring substituents is 1. The van der Waals surface area contributed by atoms with E-state index in [1.807, 2.05) is 12.1 Å². The van der Waals surface area contributed by atoms with Crippen LogP contribution in [0.25, 0.3) is 20.8 Å². The Morgan fingerprint density at radius 2 is 1.89 bits per heavy atom. The van der Waals surface area contributed by atoms with E-state index in [0.29, 0.717) is 5.02 Å². The van der Waals surface area contributed by atoms with Crippen molar-refractivity contribution in [2.75, 3.05) is 0 Å². The van der Waals surface area contributed by atoms with Gasteiger partial charge in [0.15, 0.2) is 0 Å². The molecule has 2 aromatic carbocycles. The van der Waals surface area contributed by atoms with Crippen LogP contribution in [-0.4, -0.2) is 9.91 Å². The summed E-state index contributed by atoms with van der Waals surface area (Å²) < 4.78 is 1.00. The molecule has 0 bridgehead atoms. The van der Waals surface area contributed by atoms with Crippen LogP contribution in [0, 0.1) is 10.1 Å². The van der Waals surface area contributed by atoms with Gasteiger partial charge >= 0.3 is 0 Å². The Bertz CT molecular complexity index is 768. The van der Waals surface area contributed by atoms with E-state index in [0.717, 1.165) is 20.8 Å². The lowest BCUT2D eigenvalue weighted by atomic mass is 10.2. The average Bonchev–Trinajstić information content (AvgIpc) is 2.81. The number of non-ortho nitro benzene ring substituents is 1. The molecule has 19 heavy (non-hydrogen) atoms. The Kier molecular flexibility index (Phi) is 2.93. The summed E-state index contributed by atoms with van der Waals surface area (Å²) in [4.78, 5) is 14.7. The number of nitro groups is 1. The van der Waals surface area contributed by atoms with E-state index < -0.39 is 4.92 Å². The molecule has 0 radical (unpaired) electrons. The molecule has 0 aliphatic carbocycles. The van der Waals surface area contributed by atoms with Gasteiger partial charge in [-0.1, -0.05) is 11.6 Å². The highest BCUT2D eigenvalue weighted by Gasteiger charge is 2.09. The van der Waals surface area contributed by atoms with Gasteiger partial charge in [0.25, 0.3) is 5.69 Å². The molecule has 0 N–H and O–H groups in total. The van der Waals surface area contributed by atoms with Crippen LogP contribution in [0.4, 0.5) is 5.69 Å². The number of halogens is 1. The number of benzene rings is 2. The Morgan fingerprint density at radius 1 is 1.16 bits per heavy atom. The second kappa shape index (κ2) is 4.60. The van der Waals surface area contributed by atoms with Crippen LogP contribution in [0.2, 0.25) is 5.02 Å². The molecule has 0 saturated carbocycles. The number of rotatable bonds is 2. The van der Waals surface area contributed by atoms with E-state index in [2.05, 4.69) is 4.98 Å². The highest BCUT2D eigenvalue weighted by molar-refractivity contribution is 7.21. The van der Waals surface area contributed by atoms with Gasteiger partial charge in [-0.15, -0.1) is 11.3 Å². The summed E-state index contributed by atoms with van der Waals surface area (Å²) in [7, 11) is 0. The largest absolute Gasteiger partial charge is 0.269 e. The highest BCUT2D eigenvalue weighted by Crippen LogP contribution is 2.32. The van der Waals surface area contributed by atoms with Gasteiger partial charge in [0.2, 0.25) is 0 Å². The second-order valence-corrected chi connectivity index (χ2v) is 5.40. The van der Waals surface area contributed by atoms with Gasteiger partial charge in [-0.25, -0.2) is 4.98 Å². The summed E-state index contributed by atoms with van der Waals surface area (Å²) in [6.45, 7) is 0. The third-order valence-corrected chi connectivity index (χ3v) is 3.98. The van der Waals surface area contributed by atoms with E-state index in [-0.39, 0.29) is 5.69 Å². The van der Waals surface area contributed by atoms with Crippen molar-refractivity contribution in [1.29, 1.82) is 0 Å². The van der Waals surface area contributed by atoms with Crippen molar-refractivity contribution in [3.8, 4) is 10.6 Å². The number of hydrogen-bond acceptors (Lipinski definition) is 4. The van der Waals surface area contributed by atoms with Gasteiger partial charge in [0.1, 0.15) is 5.01 Å². The molecule has 0 unspecified atom stereocenters. The molecule has 4 nitrogen and oxygen atoms in total. The maximum atomic E-state index is 10.6. The second-order valence-electron chi connectivity index (χ2n) is 3.94. The minimum absolute atomic E-state index is 0.0768. The van der Waals surface area contributed by atoms with Gasteiger partial charge in [0.05, 0.1) is 15.1 Å². The van der Waals surface area contributed by atoms with Crippen molar-refractivity contribution < 1.29 is 4.92 Å². The lowest BCUT2D eigenvalue weighted by Crippen LogP contribution is -1.86. The van der Waals surface area contributed by atoms with E-state index in [1.54, 1.807) is 18.2 Å². The Balaban J connectivity index is 2.06. The number of thiazole rings is 1. The Morgan fingerprint density at radius 3 is 2.58 bits per heavy atom. The molecule has 0 aliphatic rings. The SMILES string of the molecule is O=[N+]([O-])c1ccc(-c2nc3ccc(Cl)cc3s2)cc1. The highest BCUT2D eigenvalue weighted by atomic mass is 35.5. The Labute approximate surface area is 117 Å². The molecule has 0 saturated heterocycles. The van der Waals surface area contributed by atoms with E-state index in [9.17, 15) is 10.1 Å². The van der Waals surface area contributed by atoms with Crippen LogP contribution >= 0.6 is 22.9 Å². The number of nitrogens with zero attached hydrogens (tertiary/aromatic N) is 2. The van der Waals surface area contributed by atoms with Crippen molar-refractivity contribution in [2.45, 2.75) is 0 Å².